The maximum absolute atomic E-state index is 12.7. The molecule has 4 rings (SSSR count). The number of ketones is 1. The van der Waals surface area contributed by atoms with E-state index in [0.717, 1.165) is 27.8 Å². The van der Waals surface area contributed by atoms with Crippen molar-refractivity contribution in [2.75, 3.05) is 11.9 Å². The Hall–Kier alpha value is -0.130. The van der Waals surface area contributed by atoms with Crippen LogP contribution in [0.1, 0.15) is 5.56 Å². The molecule has 8 heteroatoms. The van der Waals surface area contributed by atoms with Crippen LogP contribution in [0, 0.1) is 5.92 Å². The monoisotopic (exact) mass is 461 g/mol. The van der Waals surface area contributed by atoms with Gasteiger partial charge in [0, 0.05) is 39.9 Å². The van der Waals surface area contributed by atoms with Crippen molar-refractivity contribution in [2.24, 2.45) is 5.92 Å². The van der Waals surface area contributed by atoms with Crippen LogP contribution < -0.4 is 10.2 Å². The Labute approximate surface area is 225 Å². The number of para-hydroxylation sites is 1. The molecular weight excluding hydrogens is 443 g/mol. The molecule has 1 aliphatic carbocycles. The molecule has 2 aromatic carbocycles. The van der Waals surface area contributed by atoms with Crippen molar-refractivity contribution in [3.63, 3.8) is 0 Å². The number of fused-ring (bicyclic) bond motifs is 2. The van der Waals surface area contributed by atoms with E-state index in [1.165, 1.54) is 0 Å². The summed E-state index contributed by atoms with van der Waals surface area (Å²) in [6, 6.07) is 15.4. The fraction of sp³-hybridized carbons (Fsp3) is 0.0952. The van der Waals surface area contributed by atoms with Gasteiger partial charge in [0.15, 0.2) is 5.78 Å². The maximum atomic E-state index is 12.7. The molecule has 0 saturated heterocycles. The third-order valence-corrected chi connectivity index (χ3v) is 7.14. The van der Waals surface area contributed by atoms with Crippen LogP contribution in [0.3, 0.4) is 0 Å². The molecule has 0 fully saturated rings. The molecule has 29 heavy (non-hydrogen) atoms. The molecule has 0 bridgehead atoms. The molecule has 140 valence electrons. The number of hydrogen-bond acceptors (Lipinski definition) is 4. The van der Waals surface area contributed by atoms with E-state index in [9.17, 15) is 4.79 Å². The van der Waals surface area contributed by atoms with Crippen molar-refractivity contribution in [3.05, 3.63) is 89.3 Å². The number of carbonyl (C=O) groups excluding carboxylic acids is 1. The predicted octanol–water partition coefficient (Wildman–Crippen LogP) is 3.41. The molecule has 0 amide bonds. The molecule has 0 N–H and O–H groups in total. The van der Waals surface area contributed by atoms with Crippen molar-refractivity contribution >= 4 is 112 Å². The van der Waals surface area contributed by atoms with Gasteiger partial charge in [0.25, 0.3) is 0 Å². The van der Waals surface area contributed by atoms with Gasteiger partial charge >= 0.3 is 59.1 Å². The molecule has 1 heterocycles. The normalized spacial score (nSPS) is 19.3. The van der Waals surface area contributed by atoms with Crippen LogP contribution in [0.15, 0.2) is 78.7 Å². The first-order valence-electron chi connectivity index (χ1n) is 8.48. The van der Waals surface area contributed by atoms with Crippen molar-refractivity contribution in [2.45, 2.75) is 0 Å². The number of rotatable bonds is 3. The first-order chi connectivity index (χ1) is 13.1. The van der Waals surface area contributed by atoms with Crippen LogP contribution in [-0.4, -0.2) is 71.9 Å². The van der Waals surface area contributed by atoms with E-state index >= 15 is 0 Å². The summed E-state index contributed by atoms with van der Waals surface area (Å²) in [7, 11) is 1.98. The predicted molar refractivity (Wildman–Crippen MR) is 131 cm³/mol. The summed E-state index contributed by atoms with van der Waals surface area (Å²) in [4.78, 5) is 14.7. The number of allylic oxidation sites excluding steroid dienone is 4. The van der Waals surface area contributed by atoms with Crippen LogP contribution in [0.25, 0.3) is 5.57 Å². The summed E-state index contributed by atoms with van der Waals surface area (Å²) < 4.78 is 5.99. The van der Waals surface area contributed by atoms with Crippen LogP contribution >= 0.6 is 18.5 Å². The molecule has 0 radical (unpaired) electrons. The molecular formula is C21H19ClNNa2O2PS. The van der Waals surface area contributed by atoms with E-state index in [1.54, 1.807) is 18.4 Å². The van der Waals surface area contributed by atoms with Crippen LogP contribution in [0.4, 0.5) is 5.69 Å². The quantitative estimate of drug-likeness (QED) is 0.398. The van der Waals surface area contributed by atoms with Gasteiger partial charge in [0.2, 0.25) is 0 Å². The second kappa shape index (κ2) is 10.9. The van der Waals surface area contributed by atoms with Crippen molar-refractivity contribution in [3.8, 4) is 0 Å². The summed E-state index contributed by atoms with van der Waals surface area (Å²) in [5, 5.41) is 1.61. The van der Waals surface area contributed by atoms with Gasteiger partial charge in [-0.1, -0.05) is 47.7 Å². The van der Waals surface area contributed by atoms with Gasteiger partial charge in [-0.25, -0.2) is 0 Å². The third kappa shape index (κ3) is 5.20. The molecule has 3 nitrogen and oxygen atoms in total. The standard InChI is InChI=1S/C21H17ClNO2PS.2Na.2H/c1-23-18-6-3-2-5-16(18)17(21-19(23)7-4-8-20(21)24)13-25-26(27)15-11-9-14(22)10-12-15;;;;/h2-13,21,26H,1H3;;;;. The minimum absolute atomic E-state index is 0. The van der Waals surface area contributed by atoms with E-state index < -0.39 is 6.92 Å². The van der Waals surface area contributed by atoms with Crippen molar-refractivity contribution in [1.29, 1.82) is 0 Å². The first kappa shape index (κ1) is 25.1. The zero-order valence-corrected chi connectivity index (χ0v) is 17.1. The molecule has 2 aliphatic rings. The molecule has 0 spiro atoms. The molecule has 0 aromatic heterocycles. The van der Waals surface area contributed by atoms with Gasteiger partial charge in [-0.3, -0.25) is 4.79 Å². The molecule has 2 atom stereocenters. The third-order valence-electron chi connectivity index (χ3n) is 4.76. The number of hydrogen-bond donors (Lipinski definition) is 0. The fourth-order valence-electron chi connectivity index (χ4n) is 3.41. The number of benzene rings is 2. The first-order valence-corrected chi connectivity index (χ1v) is 11.4. The number of carbonyl (C=O) groups is 1. The summed E-state index contributed by atoms with van der Waals surface area (Å²) in [5.74, 6) is -0.321. The Morgan fingerprint density at radius 2 is 1.83 bits per heavy atom. The van der Waals surface area contributed by atoms with E-state index in [4.69, 9.17) is 27.9 Å². The topological polar surface area (TPSA) is 29.5 Å². The van der Waals surface area contributed by atoms with Crippen LogP contribution in [-0.2, 0) is 21.1 Å². The summed E-state index contributed by atoms with van der Waals surface area (Å²) in [6.45, 7) is -1.67. The van der Waals surface area contributed by atoms with Gasteiger partial charge in [0.1, 0.15) is 6.92 Å². The SMILES string of the molecule is CN1C2=CC=CC(=O)C2C(=CO[PH](=S)c2ccc(Cl)cc2)c2ccccc21.[NaH].[NaH]. The summed E-state index contributed by atoms with van der Waals surface area (Å²) in [6.07, 6.45) is 7.08. The average molecular weight is 462 g/mol. The minimum atomic E-state index is -1.67. The van der Waals surface area contributed by atoms with Gasteiger partial charge in [-0.2, -0.15) is 0 Å². The molecule has 2 unspecified atom stereocenters. The van der Waals surface area contributed by atoms with Crippen molar-refractivity contribution < 1.29 is 9.32 Å². The Morgan fingerprint density at radius 1 is 1.14 bits per heavy atom. The average Bonchev–Trinajstić information content (AvgIpc) is 2.69. The zero-order chi connectivity index (χ0) is 19.0. The van der Waals surface area contributed by atoms with Gasteiger partial charge in [0.05, 0.1) is 12.2 Å². The Morgan fingerprint density at radius 3 is 2.55 bits per heavy atom. The van der Waals surface area contributed by atoms with E-state index in [0.29, 0.717) is 5.02 Å². The van der Waals surface area contributed by atoms with Crippen molar-refractivity contribution in [1.82, 2.24) is 0 Å². The summed E-state index contributed by atoms with van der Waals surface area (Å²) in [5.41, 5.74) is 3.83. The van der Waals surface area contributed by atoms with Gasteiger partial charge < -0.3 is 9.42 Å². The second-order valence-electron chi connectivity index (χ2n) is 6.35. The second-order valence-corrected chi connectivity index (χ2v) is 9.28. The molecule has 1 aliphatic heterocycles. The van der Waals surface area contributed by atoms with Crippen LogP contribution in [0.5, 0.6) is 0 Å². The van der Waals surface area contributed by atoms with E-state index in [2.05, 4.69) is 4.90 Å². The Bertz CT molecular complexity index is 1040. The van der Waals surface area contributed by atoms with Gasteiger partial charge in [-0.05, 0) is 42.5 Å². The van der Waals surface area contributed by atoms with E-state index in [-0.39, 0.29) is 70.8 Å². The Balaban J connectivity index is 0.00000150. The molecule has 2 aromatic rings. The van der Waals surface area contributed by atoms with E-state index in [1.807, 2.05) is 61.7 Å². The fourth-order valence-corrected chi connectivity index (χ4v) is 4.89. The number of nitrogens with zero attached hydrogens (tertiary/aromatic N) is 1. The zero-order valence-electron chi connectivity index (χ0n) is 14.6. The van der Waals surface area contributed by atoms with Gasteiger partial charge in [-0.15, -0.1) is 0 Å². The van der Waals surface area contributed by atoms with Crippen LogP contribution in [0.2, 0.25) is 5.02 Å². The number of halogens is 1. The number of anilines is 1. The Kier molecular flexibility index (Phi) is 9.49. The summed E-state index contributed by atoms with van der Waals surface area (Å²) >= 11 is 11.5. The molecule has 0 saturated carbocycles.